The first-order valence-corrected chi connectivity index (χ1v) is 14.2. The number of allylic oxidation sites excluding steroid dienone is 11. The predicted molar refractivity (Wildman–Crippen MR) is 156 cm³/mol. The standard InChI is InChI=1S/C32H53NO3/c1-3-5-7-9-11-12-13-14-15-16-17-18-19-20-22-24-26-28-32(36)33-30(29-34)31(35)27-25-23-21-10-8-6-4-2/h5,7-8,10-12,14-15,17-18,25,27,30-31,34-35H,3-4,6,9,13,16,19-24,26,28-29H2,1-2H3,(H,33,36)/b7-5-,10-8+,12-11-,15-14-,18-17-,27-25+. The average molecular weight is 500 g/mol. The lowest BCUT2D eigenvalue weighted by atomic mass is 10.1. The number of aliphatic hydroxyl groups excluding tert-OH is 2. The maximum absolute atomic E-state index is 12.2. The zero-order valence-electron chi connectivity index (χ0n) is 23.0. The molecule has 0 aliphatic carbocycles. The lowest BCUT2D eigenvalue weighted by Gasteiger charge is -2.19. The Bertz CT molecular complexity index is 673. The van der Waals surface area contributed by atoms with Crippen molar-refractivity contribution in [1.82, 2.24) is 5.32 Å². The van der Waals surface area contributed by atoms with Crippen LogP contribution in [0.4, 0.5) is 0 Å². The second-order valence-electron chi connectivity index (χ2n) is 9.07. The van der Waals surface area contributed by atoms with Gasteiger partial charge in [-0.15, -0.1) is 0 Å². The molecule has 0 aromatic rings. The van der Waals surface area contributed by atoms with Gasteiger partial charge in [-0.05, 0) is 64.2 Å². The molecule has 4 heteroatoms. The van der Waals surface area contributed by atoms with Crippen molar-refractivity contribution < 1.29 is 15.0 Å². The first-order valence-electron chi connectivity index (χ1n) is 14.2. The molecule has 2 atom stereocenters. The summed E-state index contributed by atoms with van der Waals surface area (Å²) in [5.41, 5.74) is 0. The van der Waals surface area contributed by atoms with Crippen molar-refractivity contribution in [3.8, 4) is 0 Å². The third-order valence-electron chi connectivity index (χ3n) is 5.65. The smallest absolute Gasteiger partial charge is 0.220 e. The van der Waals surface area contributed by atoms with Gasteiger partial charge in [0.2, 0.25) is 5.91 Å². The lowest BCUT2D eigenvalue weighted by Crippen LogP contribution is -2.45. The SMILES string of the molecule is CC/C=C\C/C=C\C/C=C\C/C=C\CCCCCCC(=O)NC(CO)C(O)/C=C/CC/C=C/CCC. The van der Waals surface area contributed by atoms with Gasteiger partial charge < -0.3 is 15.5 Å². The molecule has 0 rings (SSSR count). The number of nitrogens with one attached hydrogen (secondary N) is 1. The van der Waals surface area contributed by atoms with Crippen molar-refractivity contribution in [2.45, 2.75) is 116 Å². The molecule has 0 saturated carbocycles. The van der Waals surface area contributed by atoms with Crippen LogP contribution in [0.1, 0.15) is 104 Å². The van der Waals surface area contributed by atoms with E-state index in [1.165, 1.54) is 0 Å². The van der Waals surface area contributed by atoms with E-state index >= 15 is 0 Å². The number of hydrogen-bond acceptors (Lipinski definition) is 3. The fourth-order valence-electron chi connectivity index (χ4n) is 3.48. The van der Waals surface area contributed by atoms with Gasteiger partial charge in [-0.3, -0.25) is 4.79 Å². The molecular formula is C32H53NO3. The van der Waals surface area contributed by atoms with Gasteiger partial charge in [-0.2, -0.15) is 0 Å². The number of amides is 1. The molecule has 0 heterocycles. The van der Waals surface area contributed by atoms with E-state index in [0.29, 0.717) is 6.42 Å². The highest BCUT2D eigenvalue weighted by Crippen LogP contribution is 2.07. The summed E-state index contributed by atoms with van der Waals surface area (Å²) >= 11 is 0. The molecule has 0 aromatic carbocycles. The van der Waals surface area contributed by atoms with E-state index in [0.717, 1.165) is 83.5 Å². The first kappa shape index (κ1) is 33.8. The Morgan fingerprint density at radius 2 is 1.25 bits per heavy atom. The van der Waals surface area contributed by atoms with Crippen LogP contribution in [0.5, 0.6) is 0 Å². The summed E-state index contributed by atoms with van der Waals surface area (Å²) in [6, 6.07) is -0.650. The maximum atomic E-state index is 12.2. The number of aliphatic hydroxyl groups is 2. The Labute approximate surface area is 221 Å². The second kappa shape index (κ2) is 27.4. The molecule has 1 amide bonds. The van der Waals surface area contributed by atoms with Gasteiger partial charge >= 0.3 is 0 Å². The van der Waals surface area contributed by atoms with Crippen LogP contribution in [-0.2, 0) is 4.79 Å². The Hall–Kier alpha value is -2.17. The quantitative estimate of drug-likeness (QED) is 0.0998. The zero-order valence-corrected chi connectivity index (χ0v) is 23.0. The van der Waals surface area contributed by atoms with Gasteiger partial charge in [0, 0.05) is 6.42 Å². The molecular weight excluding hydrogens is 446 g/mol. The van der Waals surface area contributed by atoms with Crippen molar-refractivity contribution in [2.75, 3.05) is 6.61 Å². The molecule has 0 fully saturated rings. The third kappa shape index (κ3) is 23.6. The monoisotopic (exact) mass is 499 g/mol. The van der Waals surface area contributed by atoms with E-state index in [-0.39, 0.29) is 12.5 Å². The molecule has 3 N–H and O–H groups in total. The van der Waals surface area contributed by atoms with Gasteiger partial charge in [0.15, 0.2) is 0 Å². The lowest BCUT2D eigenvalue weighted by molar-refractivity contribution is -0.123. The molecule has 0 spiro atoms. The van der Waals surface area contributed by atoms with E-state index in [1.54, 1.807) is 6.08 Å². The fraction of sp³-hybridized carbons (Fsp3) is 0.594. The summed E-state index contributed by atoms with van der Waals surface area (Å²) in [6.07, 6.45) is 38.4. The van der Waals surface area contributed by atoms with Crippen molar-refractivity contribution in [3.05, 3.63) is 72.9 Å². The molecule has 0 aliphatic rings. The van der Waals surface area contributed by atoms with Crippen LogP contribution >= 0.6 is 0 Å². The predicted octanol–water partition coefficient (Wildman–Crippen LogP) is 7.66. The largest absolute Gasteiger partial charge is 0.394 e. The van der Waals surface area contributed by atoms with Gasteiger partial charge in [0.25, 0.3) is 0 Å². The van der Waals surface area contributed by atoms with E-state index in [2.05, 4.69) is 79.9 Å². The summed E-state index contributed by atoms with van der Waals surface area (Å²) < 4.78 is 0. The minimum Gasteiger partial charge on any atom is -0.394 e. The zero-order chi connectivity index (χ0) is 26.5. The summed E-state index contributed by atoms with van der Waals surface area (Å²) in [6.45, 7) is 4.02. The van der Waals surface area contributed by atoms with Crippen molar-refractivity contribution >= 4 is 5.91 Å². The molecule has 0 saturated heterocycles. The highest BCUT2D eigenvalue weighted by Gasteiger charge is 2.17. The molecule has 204 valence electrons. The van der Waals surface area contributed by atoms with Crippen molar-refractivity contribution in [3.63, 3.8) is 0 Å². The highest BCUT2D eigenvalue weighted by atomic mass is 16.3. The number of hydrogen-bond donors (Lipinski definition) is 3. The summed E-state index contributed by atoms with van der Waals surface area (Å²) in [5, 5.41) is 22.5. The van der Waals surface area contributed by atoms with Crippen LogP contribution in [0.2, 0.25) is 0 Å². The normalized spacial score (nSPS) is 14.4. The van der Waals surface area contributed by atoms with Gasteiger partial charge in [0.1, 0.15) is 0 Å². The third-order valence-corrected chi connectivity index (χ3v) is 5.65. The van der Waals surface area contributed by atoms with E-state index in [1.807, 2.05) is 6.08 Å². The Morgan fingerprint density at radius 1 is 0.694 bits per heavy atom. The Kier molecular flexibility index (Phi) is 25.8. The molecule has 4 nitrogen and oxygen atoms in total. The van der Waals surface area contributed by atoms with E-state index < -0.39 is 12.1 Å². The molecule has 2 unspecified atom stereocenters. The van der Waals surface area contributed by atoms with E-state index in [4.69, 9.17) is 0 Å². The van der Waals surface area contributed by atoms with Crippen LogP contribution in [0.25, 0.3) is 0 Å². The molecule has 36 heavy (non-hydrogen) atoms. The van der Waals surface area contributed by atoms with Gasteiger partial charge in [-0.25, -0.2) is 0 Å². The highest BCUT2D eigenvalue weighted by molar-refractivity contribution is 5.76. The van der Waals surface area contributed by atoms with Crippen LogP contribution in [0.3, 0.4) is 0 Å². The fourth-order valence-corrected chi connectivity index (χ4v) is 3.48. The second-order valence-corrected chi connectivity index (χ2v) is 9.07. The molecule has 0 radical (unpaired) electrons. The van der Waals surface area contributed by atoms with Crippen LogP contribution in [-0.4, -0.2) is 34.9 Å². The molecule has 0 aromatic heterocycles. The molecule has 0 bridgehead atoms. The maximum Gasteiger partial charge on any atom is 0.220 e. The Morgan fingerprint density at radius 3 is 1.89 bits per heavy atom. The number of carbonyl (C=O) groups excluding carboxylic acids is 1. The minimum absolute atomic E-state index is 0.108. The topological polar surface area (TPSA) is 69.6 Å². The number of rotatable bonds is 23. The molecule has 0 aliphatic heterocycles. The number of carbonyl (C=O) groups is 1. The van der Waals surface area contributed by atoms with Crippen molar-refractivity contribution in [1.29, 1.82) is 0 Å². The summed E-state index contributed by atoms with van der Waals surface area (Å²) in [5.74, 6) is -0.108. The van der Waals surface area contributed by atoms with Crippen molar-refractivity contribution in [2.24, 2.45) is 0 Å². The summed E-state index contributed by atoms with van der Waals surface area (Å²) in [7, 11) is 0. The van der Waals surface area contributed by atoms with Crippen LogP contribution in [0, 0.1) is 0 Å². The number of unbranched alkanes of at least 4 members (excludes halogenated alkanes) is 6. The Balaban J connectivity index is 3.79. The van der Waals surface area contributed by atoms with Crippen LogP contribution < -0.4 is 5.32 Å². The van der Waals surface area contributed by atoms with Gasteiger partial charge in [-0.1, -0.05) is 106 Å². The summed E-state index contributed by atoms with van der Waals surface area (Å²) in [4.78, 5) is 12.2. The minimum atomic E-state index is -0.871. The average Bonchev–Trinajstić information content (AvgIpc) is 2.88. The van der Waals surface area contributed by atoms with E-state index in [9.17, 15) is 15.0 Å². The van der Waals surface area contributed by atoms with Crippen LogP contribution in [0.15, 0.2) is 72.9 Å². The van der Waals surface area contributed by atoms with Gasteiger partial charge in [0.05, 0.1) is 18.8 Å². The first-order chi connectivity index (χ1) is 17.7.